The molecule has 11 nitrogen and oxygen atoms in total. The number of hydrogen-bond donors (Lipinski definition) is 2. The zero-order chi connectivity index (χ0) is 54.6. The molecule has 8 aromatic rings. The van der Waals surface area contributed by atoms with Crippen molar-refractivity contribution >= 4 is 62.6 Å². The number of rotatable bonds is 11. The summed E-state index contributed by atoms with van der Waals surface area (Å²) in [7, 11) is 0. The molecule has 3 aliphatic heterocycles. The van der Waals surface area contributed by atoms with Gasteiger partial charge in [0.25, 0.3) is 5.91 Å². The third-order valence-corrected chi connectivity index (χ3v) is 15.6. The number of pyridine rings is 1. The molecule has 5 aromatic carbocycles. The van der Waals surface area contributed by atoms with Gasteiger partial charge in [0.05, 0.1) is 21.8 Å². The van der Waals surface area contributed by atoms with Crippen molar-refractivity contribution in [1.29, 1.82) is 0 Å². The molecule has 1 spiro atoms. The lowest BCUT2D eigenvalue weighted by Crippen LogP contribution is -2.47. The summed E-state index contributed by atoms with van der Waals surface area (Å²) in [6.07, 6.45) is 0.909. The Hall–Kier alpha value is -7.60. The largest absolute Gasteiger partial charge is 0.573 e. The van der Waals surface area contributed by atoms with Gasteiger partial charge in [-0.05, 0) is 164 Å². The van der Waals surface area contributed by atoms with E-state index in [4.69, 9.17) is 11.6 Å². The fourth-order valence-electron chi connectivity index (χ4n) is 10.9. The summed E-state index contributed by atoms with van der Waals surface area (Å²) in [5.41, 5.74) is 8.19. The number of carbonyl (C=O) groups excluding carboxylic acids is 1. The van der Waals surface area contributed by atoms with Crippen LogP contribution in [-0.4, -0.2) is 70.9 Å². The van der Waals surface area contributed by atoms with Gasteiger partial charge in [-0.25, -0.2) is 19.3 Å². The lowest BCUT2D eigenvalue weighted by molar-refractivity contribution is -0.274. The number of piperidine rings is 3. The number of nitrogens with zero attached hydrogens (tertiary/aromatic N) is 7. The van der Waals surface area contributed by atoms with Gasteiger partial charge in [-0.2, -0.15) is 13.2 Å². The summed E-state index contributed by atoms with van der Waals surface area (Å²) in [6, 6.07) is 36.1. The first kappa shape index (κ1) is 53.8. The first-order valence-electron chi connectivity index (χ1n) is 26.1. The number of amides is 1. The molecule has 0 atom stereocenters. The molecular weight excluding hydrogens is 1040 g/mol. The Bertz CT molecular complexity index is 3330. The number of imidazole rings is 1. The van der Waals surface area contributed by atoms with Crippen molar-refractivity contribution in [2.24, 2.45) is 5.41 Å². The van der Waals surface area contributed by atoms with Crippen LogP contribution in [0.3, 0.4) is 0 Å². The number of alkyl halides is 6. The maximum Gasteiger partial charge on any atom is 0.573 e. The standard InChI is InChI=1S/C30H29F4N5.C29H28ClF3N4O2/c31-22-3-10-26-27(19-22)35-20-36-28(26)37-23-4-8-25(9-5-23)39-17-13-29(14-18-39)11-15-38(16-12-29)24-6-1-21(2-7-24)30(32,33)34;1-2-25-27(37-18-22(30)7-12-26(37)35-25)28(38)34-17-19-3-8-23(9-4-19)36-15-13-21(14-16-36)20-5-10-24(11-6-20)39-29(31,32)33/h1-10,19-20H,11-18H2,(H,35,36,37);3-12,18,21H,2,13-17H2,1H3,(H,34,38). The number of benzene rings is 5. The van der Waals surface area contributed by atoms with Crippen molar-refractivity contribution in [2.45, 2.75) is 76.9 Å². The molecule has 1 amide bonds. The van der Waals surface area contributed by atoms with Crippen molar-refractivity contribution in [3.8, 4) is 5.75 Å². The summed E-state index contributed by atoms with van der Waals surface area (Å²) in [6.45, 7) is 7.74. The SMILES string of the molecule is CCc1nc2ccc(Cl)cn2c1C(=O)NCc1ccc(N2CCC(c3ccc(OC(F)(F)F)cc3)CC2)cc1.Fc1ccc2c(Nc3ccc(N4CCC5(CC4)CCN(c4ccc(C(F)(F)F)cc4)CC5)cc3)ncnc2c1. The van der Waals surface area contributed by atoms with Crippen LogP contribution in [-0.2, 0) is 19.1 Å². The number of aromatic nitrogens is 4. The number of aryl methyl sites for hydroxylation is 1. The second kappa shape index (κ2) is 22.8. The van der Waals surface area contributed by atoms with Gasteiger partial charge in [0.2, 0.25) is 0 Å². The average Bonchev–Trinajstić information content (AvgIpc) is 3.81. The molecule has 0 saturated carbocycles. The molecule has 19 heteroatoms. The van der Waals surface area contributed by atoms with Crippen molar-refractivity contribution in [3.05, 3.63) is 179 Å². The number of fused-ring (bicyclic) bond motifs is 2. The fourth-order valence-corrected chi connectivity index (χ4v) is 11.1. The normalized spacial score (nSPS) is 16.0. The Labute approximate surface area is 452 Å². The predicted octanol–water partition coefficient (Wildman–Crippen LogP) is 14.2. The van der Waals surface area contributed by atoms with E-state index in [9.17, 15) is 35.5 Å². The Morgan fingerprint density at radius 2 is 1.31 bits per heavy atom. The minimum atomic E-state index is -4.68. The van der Waals surface area contributed by atoms with Gasteiger partial charge in [0.1, 0.15) is 35.1 Å². The fraction of sp³-hybridized carbons (Fsp3) is 0.322. The molecule has 3 saturated heterocycles. The summed E-state index contributed by atoms with van der Waals surface area (Å²) in [5.74, 6) is 0.192. The quantitative estimate of drug-likeness (QED) is 0.123. The minimum absolute atomic E-state index is 0.200. The van der Waals surface area contributed by atoms with Crippen LogP contribution in [0.4, 0.5) is 59.3 Å². The third-order valence-electron chi connectivity index (χ3n) is 15.3. The van der Waals surface area contributed by atoms with E-state index in [2.05, 4.69) is 69.3 Å². The monoisotopic (exact) mass is 1090 g/mol. The maximum atomic E-state index is 13.5. The molecular formula is C59H57ClF7N9O2. The van der Waals surface area contributed by atoms with E-state index in [1.807, 2.05) is 31.2 Å². The molecule has 3 aromatic heterocycles. The number of halogens is 8. The topological polar surface area (TPSA) is 103 Å². The molecule has 3 fully saturated rings. The van der Waals surface area contributed by atoms with Gasteiger partial charge in [-0.1, -0.05) is 42.8 Å². The van der Waals surface area contributed by atoms with E-state index in [1.54, 1.807) is 53.1 Å². The zero-order valence-electron chi connectivity index (χ0n) is 42.7. The van der Waals surface area contributed by atoms with Crippen LogP contribution in [0.15, 0.2) is 140 Å². The second-order valence-electron chi connectivity index (χ2n) is 20.1. The highest BCUT2D eigenvalue weighted by molar-refractivity contribution is 6.30. The van der Waals surface area contributed by atoms with Gasteiger partial charge in [0.15, 0.2) is 0 Å². The highest BCUT2D eigenvalue weighted by Gasteiger charge is 2.38. The van der Waals surface area contributed by atoms with Crippen molar-refractivity contribution < 1.29 is 40.3 Å². The molecule has 0 radical (unpaired) electrons. The van der Waals surface area contributed by atoms with Crippen LogP contribution in [0.5, 0.6) is 5.75 Å². The molecule has 0 aliphatic carbocycles. The molecule has 3 aliphatic rings. The number of hydrogen-bond acceptors (Lipinski definition) is 9. The van der Waals surface area contributed by atoms with E-state index in [-0.39, 0.29) is 23.4 Å². The van der Waals surface area contributed by atoms with Crippen LogP contribution in [0.1, 0.15) is 84.2 Å². The summed E-state index contributed by atoms with van der Waals surface area (Å²) in [5, 5.41) is 7.61. The molecule has 11 rings (SSSR count). The van der Waals surface area contributed by atoms with Crippen LogP contribution in [0.2, 0.25) is 5.02 Å². The number of ether oxygens (including phenoxy) is 1. The van der Waals surface area contributed by atoms with E-state index < -0.39 is 18.1 Å². The van der Waals surface area contributed by atoms with Gasteiger partial charge in [-0.3, -0.25) is 9.20 Å². The Morgan fingerprint density at radius 1 is 0.718 bits per heavy atom. The lowest BCUT2D eigenvalue weighted by Gasteiger charge is -2.48. The molecule has 0 unspecified atom stereocenters. The maximum absolute atomic E-state index is 13.5. The molecule has 78 heavy (non-hydrogen) atoms. The van der Waals surface area contributed by atoms with E-state index >= 15 is 0 Å². The van der Waals surface area contributed by atoms with Gasteiger partial charge in [0, 0.05) is 86.2 Å². The first-order chi connectivity index (χ1) is 37.5. The van der Waals surface area contributed by atoms with Crippen LogP contribution < -0.4 is 30.1 Å². The lowest BCUT2D eigenvalue weighted by atomic mass is 9.71. The van der Waals surface area contributed by atoms with Crippen molar-refractivity contribution in [1.82, 2.24) is 24.7 Å². The highest BCUT2D eigenvalue weighted by atomic mass is 35.5. The number of anilines is 5. The first-order valence-corrected chi connectivity index (χ1v) is 26.4. The Morgan fingerprint density at radius 3 is 1.90 bits per heavy atom. The zero-order valence-corrected chi connectivity index (χ0v) is 43.5. The predicted molar refractivity (Wildman–Crippen MR) is 290 cm³/mol. The van der Waals surface area contributed by atoms with Crippen LogP contribution in [0.25, 0.3) is 16.6 Å². The van der Waals surface area contributed by atoms with E-state index in [1.165, 1.54) is 48.4 Å². The average molecular weight is 1090 g/mol. The minimum Gasteiger partial charge on any atom is -0.406 e. The highest BCUT2D eigenvalue weighted by Crippen LogP contribution is 2.44. The summed E-state index contributed by atoms with van der Waals surface area (Å²) >= 11 is 6.14. The molecule has 6 heterocycles. The Kier molecular flexibility index (Phi) is 15.7. The number of nitrogens with one attached hydrogen (secondary N) is 2. The van der Waals surface area contributed by atoms with Gasteiger partial charge in [-0.15, -0.1) is 13.2 Å². The van der Waals surface area contributed by atoms with Crippen LogP contribution >= 0.6 is 11.6 Å². The molecule has 2 N–H and O–H groups in total. The Balaban J connectivity index is 0.000000176. The van der Waals surface area contributed by atoms with Crippen molar-refractivity contribution in [2.75, 3.05) is 59.3 Å². The van der Waals surface area contributed by atoms with Crippen molar-refractivity contribution in [3.63, 3.8) is 0 Å². The van der Waals surface area contributed by atoms with Gasteiger partial charge < -0.3 is 30.1 Å². The molecule has 406 valence electrons. The summed E-state index contributed by atoms with van der Waals surface area (Å²) < 4.78 is 95.1. The van der Waals surface area contributed by atoms with Gasteiger partial charge >= 0.3 is 12.5 Å². The second-order valence-corrected chi connectivity index (χ2v) is 20.6. The molecule has 0 bridgehead atoms. The van der Waals surface area contributed by atoms with E-state index in [0.29, 0.717) is 46.1 Å². The third kappa shape index (κ3) is 12.7. The van der Waals surface area contributed by atoms with E-state index in [0.717, 1.165) is 117 Å². The smallest absolute Gasteiger partial charge is 0.406 e. The van der Waals surface area contributed by atoms with Crippen LogP contribution in [0, 0.1) is 11.2 Å². The number of carbonyl (C=O) groups is 1. The summed E-state index contributed by atoms with van der Waals surface area (Å²) in [4.78, 5) is 33.0.